The number of fused-ring (bicyclic) bond motifs is 2. The number of piperidine rings is 1. The summed E-state index contributed by atoms with van der Waals surface area (Å²) >= 11 is 0. The maximum Gasteiger partial charge on any atom is 0.221 e. The van der Waals surface area contributed by atoms with E-state index in [1.54, 1.807) is 12.1 Å². The topological polar surface area (TPSA) is 44.4 Å². The second kappa shape index (κ2) is 5.40. The maximum atomic E-state index is 13.9. The zero-order chi connectivity index (χ0) is 14.1. The van der Waals surface area contributed by atoms with Crippen molar-refractivity contribution in [2.45, 2.75) is 25.8 Å². The van der Waals surface area contributed by atoms with Crippen LogP contribution in [-0.2, 0) is 4.79 Å². The van der Waals surface area contributed by atoms with Gasteiger partial charge in [-0.25, -0.2) is 4.39 Å². The summed E-state index contributed by atoms with van der Waals surface area (Å²) in [6, 6.07) is 4.99. The number of carbonyl (C=O) groups excluding carboxylic acids is 1. The molecule has 2 saturated heterocycles. The summed E-state index contributed by atoms with van der Waals surface area (Å²) in [5.41, 5.74) is 1.12. The van der Waals surface area contributed by atoms with Crippen molar-refractivity contribution in [1.82, 2.24) is 4.90 Å². The van der Waals surface area contributed by atoms with Crippen molar-refractivity contribution >= 4 is 17.3 Å². The molecule has 2 fully saturated rings. The van der Waals surface area contributed by atoms with E-state index in [-0.39, 0.29) is 11.7 Å². The molecule has 3 rings (SSSR count). The highest BCUT2D eigenvalue weighted by molar-refractivity contribution is 5.89. The highest BCUT2D eigenvalue weighted by atomic mass is 19.1. The van der Waals surface area contributed by atoms with E-state index in [4.69, 9.17) is 0 Å². The Balaban J connectivity index is 1.74. The van der Waals surface area contributed by atoms with Gasteiger partial charge in [0.05, 0.1) is 5.69 Å². The first-order chi connectivity index (χ1) is 9.61. The summed E-state index contributed by atoms with van der Waals surface area (Å²) in [6.07, 6.45) is 2.24. The highest BCUT2D eigenvalue weighted by Crippen LogP contribution is 2.30. The molecule has 108 valence electrons. The molecule has 2 heterocycles. The zero-order valence-electron chi connectivity index (χ0n) is 11.7. The number of anilines is 2. The van der Waals surface area contributed by atoms with Gasteiger partial charge in [0.15, 0.2) is 0 Å². The molecule has 0 saturated carbocycles. The van der Waals surface area contributed by atoms with Gasteiger partial charge in [-0.05, 0) is 43.5 Å². The fraction of sp³-hybridized carbons (Fsp3) is 0.533. The first kappa shape index (κ1) is 13.4. The van der Waals surface area contributed by atoms with Crippen LogP contribution in [0.5, 0.6) is 0 Å². The van der Waals surface area contributed by atoms with Crippen LogP contribution in [0.2, 0.25) is 0 Å². The quantitative estimate of drug-likeness (QED) is 0.891. The van der Waals surface area contributed by atoms with Gasteiger partial charge in [0.1, 0.15) is 5.82 Å². The standard InChI is InChI=1S/C15H20FN3O/c1-10(20)17-12-2-3-13(16)15(8-12)18-14-5-7-19-6-4-11(14)9-19/h2-3,8,11,14,18H,4-7,9H2,1H3,(H,17,20). The van der Waals surface area contributed by atoms with E-state index >= 15 is 0 Å². The molecule has 20 heavy (non-hydrogen) atoms. The molecule has 3 unspecified atom stereocenters. The molecule has 1 aromatic carbocycles. The number of rotatable bonds is 3. The lowest BCUT2D eigenvalue weighted by atomic mass is 9.94. The summed E-state index contributed by atoms with van der Waals surface area (Å²) in [5, 5.41) is 6.03. The number of nitrogens with one attached hydrogen (secondary N) is 2. The third-order valence-corrected chi connectivity index (χ3v) is 4.26. The minimum Gasteiger partial charge on any atom is -0.380 e. The molecule has 0 spiro atoms. The van der Waals surface area contributed by atoms with Crippen LogP contribution in [-0.4, -0.2) is 36.5 Å². The highest BCUT2D eigenvalue weighted by Gasteiger charge is 2.34. The van der Waals surface area contributed by atoms with Gasteiger partial charge in [0, 0.05) is 31.7 Å². The van der Waals surface area contributed by atoms with Crippen molar-refractivity contribution in [3.05, 3.63) is 24.0 Å². The molecule has 2 aliphatic heterocycles. The predicted octanol–water partition coefficient (Wildman–Crippen LogP) is 2.29. The Labute approximate surface area is 118 Å². The number of hydrogen-bond acceptors (Lipinski definition) is 3. The average molecular weight is 277 g/mol. The number of amides is 1. The molecule has 0 aromatic heterocycles. The minimum absolute atomic E-state index is 0.147. The molecule has 3 atom stereocenters. The first-order valence-corrected chi connectivity index (χ1v) is 7.18. The van der Waals surface area contributed by atoms with Crippen molar-refractivity contribution < 1.29 is 9.18 Å². The SMILES string of the molecule is CC(=O)Nc1ccc(F)c(NC2CCN3CCC2C3)c1. The molecule has 1 amide bonds. The normalized spacial score (nSPS) is 28.2. The number of carbonyl (C=O) groups is 1. The van der Waals surface area contributed by atoms with Crippen LogP contribution >= 0.6 is 0 Å². The Morgan fingerprint density at radius 2 is 2.15 bits per heavy atom. The molecule has 1 aromatic rings. The predicted molar refractivity (Wildman–Crippen MR) is 77.3 cm³/mol. The Morgan fingerprint density at radius 1 is 1.35 bits per heavy atom. The second-order valence-corrected chi connectivity index (χ2v) is 5.76. The van der Waals surface area contributed by atoms with Crippen molar-refractivity contribution in [3.8, 4) is 0 Å². The van der Waals surface area contributed by atoms with Crippen molar-refractivity contribution in [2.75, 3.05) is 30.3 Å². The lowest BCUT2D eigenvalue weighted by Gasteiger charge is -2.31. The summed E-state index contributed by atoms with van der Waals surface area (Å²) < 4.78 is 13.9. The van der Waals surface area contributed by atoms with Gasteiger partial charge in [0.2, 0.25) is 5.91 Å². The third kappa shape index (κ3) is 2.77. The molecule has 2 bridgehead atoms. The second-order valence-electron chi connectivity index (χ2n) is 5.76. The minimum atomic E-state index is -0.264. The summed E-state index contributed by atoms with van der Waals surface area (Å²) in [5.74, 6) is 0.193. The zero-order valence-corrected chi connectivity index (χ0v) is 11.7. The third-order valence-electron chi connectivity index (χ3n) is 4.26. The van der Waals surface area contributed by atoms with Crippen LogP contribution in [0, 0.1) is 11.7 Å². The monoisotopic (exact) mass is 277 g/mol. The number of nitrogens with zero attached hydrogens (tertiary/aromatic N) is 1. The molecule has 2 N–H and O–H groups in total. The molecular weight excluding hydrogens is 257 g/mol. The van der Waals surface area contributed by atoms with Crippen LogP contribution in [0.15, 0.2) is 18.2 Å². The van der Waals surface area contributed by atoms with Crippen LogP contribution in [0.25, 0.3) is 0 Å². The summed E-state index contributed by atoms with van der Waals surface area (Å²) in [7, 11) is 0. The van der Waals surface area contributed by atoms with Crippen LogP contribution in [0.3, 0.4) is 0 Å². The van der Waals surface area contributed by atoms with Crippen LogP contribution in [0.1, 0.15) is 19.8 Å². The molecule has 0 aliphatic carbocycles. The van der Waals surface area contributed by atoms with E-state index in [0.29, 0.717) is 23.3 Å². The molecule has 0 radical (unpaired) electrons. The Kier molecular flexibility index (Phi) is 3.61. The van der Waals surface area contributed by atoms with E-state index in [1.807, 2.05) is 0 Å². The van der Waals surface area contributed by atoms with Gasteiger partial charge in [0.25, 0.3) is 0 Å². The first-order valence-electron chi connectivity index (χ1n) is 7.18. The van der Waals surface area contributed by atoms with E-state index in [2.05, 4.69) is 15.5 Å². The summed E-state index contributed by atoms with van der Waals surface area (Å²) in [6.45, 7) is 4.81. The Morgan fingerprint density at radius 3 is 2.95 bits per heavy atom. The van der Waals surface area contributed by atoms with Crippen molar-refractivity contribution in [2.24, 2.45) is 5.92 Å². The van der Waals surface area contributed by atoms with Crippen LogP contribution < -0.4 is 10.6 Å². The van der Waals surface area contributed by atoms with Crippen molar-refractivity contribution in [3.63, 3.8) is 0 Å². The smallest absolute Gasteiger partial charge is 0.221 e. The van der Waals surface area contributed by atoms with Gasteiger partial charge >= 0.3 is 0 Å². The van der Waals surface area contributed by atoms with E-state index in [9.17, 15) is 9.18 Å². The number of benzene rings is 1. The Bertz CT molecular complexity index is 520. The van der Waals surface area contributed by atoms with Gasteiger partial charge in [-0.3, -0.25) is 4.79 Å². The number of hydrogen-bond donors (Lipinski definition) is 2. The summed E-state index contributed by atoms with van der Waals surface area (Å²) in [4.78, 5) is 13.5. The lowest BCUT2D eigenvalue weighted by molar-refractivity contribution is -0.114. The maximum absolute atomic E-state index is 13.9. The fourth-order valence-corrected chi connectivity index (χ4v) is 3.26. The molecule has 5 heteroatoms. The average Bonchev–Trinajstić information content (AvgIpc) is 2.79. The van der Waals surface area contributed by atoms with Crippen LogP contribution in [0.4, 0.5) is 15.8 Å². The van der Waals surface area contributed by atoms with E-state index in [0.717, 1.165) is 26.1 Å². The largest absolute Gasteiger partial charge is 0.380 e. The molecule has 2 aliphatic rings. The fourth-order valence-electron chi connectivity index (χ4n) is 3.26. The molecular formula is C15H20FN3O. The van der Waals surface area contributed by atoms with Gasteiger partial charge in [-0.1, -0.05) is 0 Å². The molecule has 4 nitrogen and oxygen atoms in total. The van der Waals surface area contributed by atoms with Gasteiger partial charge in [-0.15, -0.1) is 0 Å². The van der Waals surface area contributed by atoms with E-state index in [1.165, 1.54) is 19.4 Å². The van der Waals surface area contributed by atoms with Gasteiger partial charge < -0.3 is 15.5 Å². The Hall–Kier alpha value is -1.62. The van der Waals surface area contributed by atoms with E-state index < -0.39 is 0 Å². The number of halogens is 1. The van der Waals surface area contributed by atoms with Crippen molar-refractivity contribution in [1.29, 1.82) is 0 Å². The van der Waals surface area contributed by atoms with Gasteiger partial charge in [-0.2, -0.15) is 0 Å². The lowest BCUT2D eigenvalue weighted by Crippen LogP contribution is -2.39.